The van der Waals surface area contributed by atoms with Crippen LogP contribution in [0.3, 0.4) is 0 Å². The highest BCUT2D eigenvalue weighted by molar-refractivity contribution is 7.47. The third-order valence-electron chi connectivity index (χ3n) is 9.14. The Morgan fingerprint density at radius 2 is 1.00 bits per heavy atom. The first-order valence-corrected chi connectivity index (χ1v) is 23.2. The van der Waals surface area contributed by atoms with Crippen LogP contribution in [0.15, 0.2) is 36.5 Å². The van der Waals surface area contributed by atoms with Gasteiger partial charge in [0.2, 0.25) is 0 Å². The van der Waals surface area contributed by atoms with Crippen LogP contribution in [0.5, 0.6) is 0 Å². The molecule has 0 aliphatic carbocycles. The van der Waals surface area contributed by atoms with Gasteiger partial charge in [0.15, 0.2) is 6.10 Å². The Kier molecular flexibility index (Phi) is 35.6. The predicted octanol–water partition coefficient (Wildman–Crippen LogP) is 12.1. The minimum absolute atomic E-state index is 0.0265. The SMILES string of the molecule is CCCCCCC=CCC=CCCCCCCC(=O)O[C@H](COC(=O)CCCCCCCC=CCCCCCCCC)COP(=O)(O)OCC[N+](C)(C)C. The molecular formula is C44H83NO8P+. The van der Waals surface area contributed by atoms with Gasteiger partial charge in [-0.15, -0.1) is 0 Å². The van der Waals surface area contributed by atoms with Gasteiger partial charge in [-0.1, -0.05) is 134 Å². The fourth-order valence-electron chi connectivity index (χ4n) is 5.68. The third-order valence-corrected chi connectivity index (χ3v) is 10.1. The highest BCUT2D eigenvalue weighted by Gasteiger charge is 2.27. The number of phosphoric acid groups is 1. The molecule has 0 fully saturated rings. The zero-order chi connectivity index (χ0) is 40.0. The lowest BCUT2D eigenvalue weighted by Gasteiger charge is -2.24. The third kappa shape index (κ3) is 39.9. The Labute approximate surface area is 331 Å². The van der Waals surface area contributed by atoms with E-state index in [9.17, 15) is 19.0 Å². The van der Waals surface area contributed by atoms with Crippen molar-refractivity contribution in [2.75, 3.05) is 47.5 Å². The maximum absolute atomic E-state index is 12.7. The van der Waals surface area contributed by atoms with Crippen molar-refractivity contribution in [1.29, 1.82) is 0 Å². The van der Waals surface area contributed by atoms with Crippen molar-refractivity contribution in [3.63, 3.8) is 0 Å². The Balaban J connectivity index is 4.42. The van der Waals surface area contributed by atoms with E-state index in [0.717, 1.165) is 70.6 Å². The number of allylic oxidation sites excluding steroid dienone is 6. The molecule has 0 bridgehead atoms. The van der Waals surface area contributed by atoms with Crippen LogP contribution < -0.4 is 0 Å². The van der Waals surface area contributed by atoms with Crippen LogP contribution in [-0.4, -0.2) is 74.9 Å². The minimum atomic E-state index is -4.38. The lowest BCUT2D eigenvalue weighted by atomic mass is 10.1. The van der Waals surface area contributed by atoms with Crippen molar-refractivity contribution in [2.24, 2.45) is 0 Å². The standard InChI is InChI=1S/C44H82NO8P/c1-6-8-10-12-14-16-18-20-22-24-26-28-30-32-34-36-43(46)50-40-42(41-52-54(48,49)51-39-38-45(3,4)5)53-44(47)37-35-33-31-29-27-25-23-21-19-17-15-13-11-9-7-2/h17,19-20,22-23,25,42H,6-16,18,21,24,26-41H2,1-5H3/p+1/t42-/m1/s1. The van der Waals surface area contributed by atoms with Crippen molar-refractivity contribution >= 4 is 19.8 Å². The van der Waals surface area contributed by atoms with Gasteiger partial charge >= 0.3 is 19.8 Å². The topological polar surface area (TPSA) is 108 Å². The molecule has 54 heavy (non-hydrogen) atoms. The molecule has 0 heterocycles. The first-order chi connectivity index (χ1) is 26.0. The number of carbonyl (C=O) groups excluding carboxylic acids is 2. The van der Waals surface area contributed by atoms with Gasteiger partial charge in [0.05, 0.1) is 27.7 Å². The zero-order valence-electron chi connectivity index (χ0n) is 35.5. The minimum Gasteiger partial charge on any atom is -0.462 e. The summed E-state index contributed by atoms with van der Waals surface area (Å²) >= 11 is 0. The quantitative estimate of drug-likeness (QED) is 0.0216. The molecule has 0 rings (SSSR count). The molecule has 0 saturated heterocycles. The molecule has 0 spiro atoms. The molecule has 1 unspecified atom stereocenters. The van der Waals surface area contributed by atoms with E-state index in [-0.39, 0.29) is 32.0 Å². The molecule has 0 aromatic rings. The molecular weight excluding hydrogens is 701 g/mol. The second-order valence-corrected chi connectivity index (χ2v) is 17.2. The van der Waals surface area contributed by atoms with E-state index in [1.807, 2.05) is 21.1 Å². The molecule has 0 amide bonds. The Bertz CT molecular complexity index is 1020. The summed E-state index contributed by atoms with van der Waals surface area (Å²) in [5, 5.41) is 0. The maximum Gasteiger partial charge on any atom is 0.472 e. The Hall–Kier alpha value is -1.77. The number of likely N-dealkylation sites (N-methyl/N-ethyl adjacent to an activating group) is 1. The van der Waals surface area contributed by atoms with Gasteiger partial charge in [-0.25, -0.2) is 4.57 Å². The molecule has 1 N–H and O–H groups in total. The average molecular weight is 785 g/mol. The van der Waals surface area contributed by atoms with Crippen molar-refractivity contribution < 1.29 is 42.1 Å². The van der Waals surface area contributed by atoms with Gasteiger partial charge < -0.3 is 18.9 Å². The van der Waals surface area contributed by atoms with Crippen LogP contribution in [0, 0.1) is 0 Å². The number of quaternary nitrogens is 1. The zero-order valence-corrected chi connectivity index (χ0v) is 36.3. The second kappa shape index (κ2) is 36.8. The average Bonchev–Trinajstić information content (AvgIpc) is 3.12. The molecule has 10 heteroatoms. The highest BCUT2D eigenvalue weighted by Crippen LogP contribution is 2.43. The van der Waals surface area contributed by atoms with Crippen LogP contribution in [0.4, 0.5) is 0 Å². The normalized spacial score (nSPS) is 14.0. The molecule has 0 saturated carbocycles. The lowest BCUT2D eigenvalue weighted by Crippen LogP contribution is -2.37. The summed E-state index contributed by atoms with van der Waals surface area (Å²) in [6, 6.07) is 0. The van der Waals surface area contributed by atoms with Crippen LogP contribution >= 0.6 is 7.82 Å². The van der Waals surface area contributed by atoms with Gasteiger partial charge in [-0.3, -0.25) is 18.6 Å². The van der Waals surface area contributed by atoms with E-state index < -0.39 is 26.5 Å². The summed E-state index contributed by atoms with van der Waals surface area (Å²) in [4.78, 5) is 35.3. The summed E-state index contributed by atoms with van der Waals surface area (Å²) in [7, 11) is 1.46. The fourth-order valence-corrected chi connectivity index (χ4v) is 6.43. The van der Waals surface area contributed by atoms with E-state index in [1.165, 1.54) is 77.0 Å². The highest BCUT2D eigenvalue weighted by atomic mass is 31.2. The number of phosphoric ester groups is 1. The number of unbranched alkanes of at least 4 members (excludes halogenated alkanes) is 19. The summed E-state index contributed by atoms with van der Waals surface area (Å²) < 4.78 is 34.2. The van der Waals surface area contributed by atoms with Crippen LogP contribution in [0.25, 0.3) is 0 Å². The number of carbonyl (C=O) groups is 2. The number of hydrogen-bond acceptors (Lipinski definition) is 7. The van der Waals surface area contributed by atoms with E-state index in [0.29, 0.717) is 17.4 Å². The van der Waals surface area contributed by atoms with Gasteiger partial charge in [0.1, 0.15) is 19.8 Å². The van der Waals surface area contributed by atoms with Crippen LogP contribution in [0.1, 0.15) is 181 Å². The number of nitrogens with zero attached hydrogens (tertiary/aromatic N) is 1. The van der Waals surface area contributed by atoms with Crippen molar-refractivity contribution in [3.05, 3.63) is 36.5 Å². The molecule has 0 aromatic heterocycles. The van der Waals surface area contributed by atoms with Gasteiger partial charge in [0.25, 0.3) is 0 Å². The molecule has 9 nitrogen and oxygen atoms in total. The van der Waals surface area contributed by atoms with E-state index in [2.05, 4.69) is 50.3 Å². The van der Waals surface area contributed by atoms with E-state index >= 15 is 0 Å². The van der Waals surface area contributed by atoms with Crippen LogP contribution in [0.2, 0.25) is 0 Å². The number of hydrogen-bond donors (Lipinski definition) is 1. The first kappa shape index (κ1) is 52.2. The monoisotopic (exact) mass is 785 g/mol. The van der Waals surface area contributed by atoms with Crippen molar-refractivity contribution in [2.45, 2.75) is 187 Å². The van der Waals surface area contributed by atoms with Gasteiger partial charge in [-0.05, 0) is 70.6 Å². The Morgan fingerprint density at radius 3 is 1.50 bits per heavy atom. The van der Waals surface area contributed by atoms with Crippen molar-refractivity contribution in [3.8, 4) is 0 Å². The van der Waals surface area contributed by atoms with E-state index in [1.54, 1.807) is 0 Å². The molecule has 316 valence electrons. The molecule has 0 radical (unpaired) electrons. The number of esters is 2. The summed E-state index contributed by atoms with van der Waals surface area (Å²) in [5.41, 5.74) is 0. The van der Waals surface area contributed by atoms with Gasteiger partial charge in [0, 0.05) is 12.8 Å². The molecule has 0 aliphatic heterocycles. The Morgan fingerprint density at radius 1 is 0.574 bits per heavy atom. The second-order valence-electron chi connectivity index (χ2n) is 15.7. The lowest BCUT2D eigenvalue weighted by molar-refractivity contribution is -0.870. The van der Waals surface area contributed by atoms with Gasteiger partial charge in [-0.2, -0.15) is 0 Å². The molecule has 2 atom stereocenters. The predicted molar refractivity (Wildman–Crippen MR) is 224 cm³/mol. The first-order valence-electron chi connectivity index (χ1n) is 21.7. The summed E-state index contributed by atoms with van der Waals surface area (Å²) in [5.74, 6) is -0.829. The molecule has 0 aromatic carbocycles. The fraction of sp³-hybridized carbons (Fsp3) is 0.818. The summed E-state index contributed by atoms with van der Waals surface area (Å²) in [6.45, 7) is 4.36. The smallest absolute Gasteiger partial charge is 0.462 e. The molecule has 0 aliphatic rings. The number of rotatable bonds is 39. The largest absolute Gasteiger partial charge is 0.472 e. The van der Waals surface area contributed by atoms with E-state index in [4.69, 9.17) is 18.5 Å². The van der Waals surface area contributed by atoms with Crippen LogP contribution in [-0.2, 0) is 32.7 Å². The maximum atomic E-state index is 12.7. The summed E-state index contributed by atoms with van der Waals surface area (Å²) in [6.07, 6.45) is 40.4. The van der Waals surface area contributed by atoms with Crippen molar-refractivity contribution in [1.82, 2.24) is 0 Å². The number of ether oxygens (including phenoxy) is 2.